The topological polar surface area (TPSA) is 65.2 Å². The number of aromatic amines is 1. The minimum Gasteiger partial charge on any atom is -0.356 e. The Kier molecular flexibility index (Phi) is 3.79. The maximum Gasteiger partial charge on any atom is 0.255 e. The first-order valence-corrected chi connectivity index (χ1v) is 9.85. The van der Waals surface area contributed by atoms with E-state index in [2.05, 4.69) is 36.3 Å². The first kappa shape index (κ1) is 17.0. The van der Waals surface area contributed by atoms with Gasteiger partial charge in [-0.25, -0.2) is 0 Å². The second-order valence-electron chi connectivity index (χ2n) is 8.12. The van der Waals surface area contributed by atoms with E-state index < -0.39 is 6.04 Å². The number of para-hydroxylation sites is 1. The number of nitrogens with one attached hydrogen (secondary N) is 2. The first-order valence-electron chi connectivity index (χ1n) is 9.85. The van der Waals surface area contributed by atoms with Crippen molar-refractivity contribution in [2.45, 2.75) is 32.4 Å². The molecule has 2 aliphatic heterocycles. The molecule has 3 heterocycles. The zero-order valence-corrected chi connectivity index (χ0v) is 16.0. The summed E-state index contributed by atoms with van der Waals surface area (Å²) in [6.07, 6.45) is 0.527. The number of carbonyl (C=O) groups excluding carboxylic acids is 2. The Labute approximate surface area is 163 Å². The number of carbonyl (C=O) groups is 2. The van der Waals surface area contributed by atoms with Crippen LogP contribution in [0.2, 0.25) is 0 Å². The van der Waals surface area contributed by atoms with Crippen molar-refractivity contribution in [3.8, 4) is 0 Å². The second kappa shape index (κ2) is 6.23. The summed E-state index contributed by atoms with van der Waals surface area (Å²) in [6, 6.07) is 15.1. The molecule has 2 N–H and O–H groups in total. The van der Waals surface area contributed by atoms with Crippen molar-refractivity contribution >= 4 is 22.7 Å². The molecule has 3 aromatic rings. The van der Waals surface area contributed by atoms with Crippen LogP contribution in [0.15, 0.2) is 48.5 Å². The predicted octanol–water partition coefficient (Wildman–Crippen LogP) is 3.41. The molecule has 2 aromatic carbocycles. The van der Waals surface area contributed by atoms with Gasteiger partial charge in [0.15, 0.2) is 0 Å². The van der Waals surface area contributed by atoms with E-state index in [4.69, 9.17) is 0 Å². The van der Waals surface area contributed by atoms with Crippen molar-refractivity contribution in [2.24, 2.45) is 5.92 Å². The quantitative estimate of drug-likeness (QED) is 0.739. The van der Waals surface area contributed by atoms with Crippen molar-refractivity contribution in [2.75, 3.05) is 6.54 Å². The number of aromatic nitrogens is 1. The maximum absolute atomic E-state index is 13.2. The van der Waals surface area contributed by atoms with Gasteiger partial charge in [-0.05, 0) is 29.2 Å². The number of amides is 2. The third-order valence-corrected chi connectivity index (χ3v) is 5.84. The summed E-state index contributed by atoms with van der Waals surface area (Å²) in [5.41, 5.74) is 4.90. The molecule has 2 aliphatic rings. The van der Waals surface area contributed by atoms with Gasteiger partial charge >= 0.3 is 0 Å². The molecule has 142 valence electrons. The number of benzene rings is 2. The molecule has 0 spiro atoms. The highest BCUT2D eigenvalue weighted by molar-refractivity contribution is 6.03. The van der Waals surface area contributed by atoms with Crippen LogP contribution < -0.4 is 5.32 Å². The highest BCUT2D eigenvalue weighted by atomic mass is 16.2. The van der Waals surface area contributed by atoms with E-state index in [0.717, 1.165) is 27.7 Å². The molecule has 28 heavy (non-hydrogen) atoms. The van der Waals surface area contributed by atoms with Crippen LogP contribution in [-0.4, -0.2) is 34.3 Å². The van der Waals surface area contributed by atoms with Crippen molar-refractivity contribution in [1.29, 1.82) is 0 Å². The van der Waals surface area contributed by atoms with Crippen molar-refractivity contribution in [3.05, 3.63) is 70.9 Å². The SMILES string of the molecule is CC(C)CNC(=O)[C@@H]1Cc2c([nH]c3ccccc23)[C@@H]2c3ccccc3C(=O)N21. The van der Waals surface area contributed by atoms with E-state index >= 15 is 0 Å². The fourth-order valence-electron chi connectivity index (χ4n) is 4.56. The normalized spacial score (nSPS) is 20.2. The Morgan fingerprint density at radius 2 is 1.93 bits per heavy atom. The predicted molar refractivity (Wildman–Crippen MR) is 108 cm³/mol. The smallest absolute Gasteiger partial charge is 0.255 e. The number of nitrogens with zero attached hydrogens (tertiary/aromatic N) is 1. The number of rotatable bonds is 3. The molecule has 0 aliphatic carbocycles. The van der Waals surface area contributed by atoms with Crippen molar-refractivity contribution in [1.82, 2.24) is 15.2 Å². The van der Waals surface area contributed by atoms with E-state index in [9.17, 15) is 9.59 Å². The molecule has 5 rings (SSSR count). The summed E-state index contributed by atoms with van der Waals surface area (Å²) in [4.78, 5) is 31.6. The summed E-state index contributed by atoms with van der Waals surface area (Å²) >= 11 is 0. The highest BCUT2D eigenvalue weighted by Gasteiger charge is 2.48. The molecular formula is C23H23N3O2. The number of H-pyrrole nitrogens is 1. The van der Waals surface area contributed by atoms with Gasteiger partial charge in [0.1, 0.15) is 6.04 Å². The van der Waals surface area contributed by atoms with Crippen LogP contribution in [0.25, 0.3) is 10.9 Å². The van der Waals surface area contributed by atoms with Gasteiger partial charge in [0, 0.05) is 35.1 Å². The Balaban J connectivity index is 1.67. The van der Waals surface area contributed by atoms with E-state index in [1.807, 2.05) is 36.4 Å². The fourth-order valence-corrected chi connectivity index (χ4v) is 4.56. The van der Waals surface area contributed by atoms with Gasteiger partial charge in [-0.2, -0.15) is 0 Å². The van der Waals surface area contributed by atoms with E-state index in [1.165, 1.54) is 0 Å². The molecule has 0 radical (unpaired) electrons. The number of fused-ring (bicyclic) bond motifs is 7. The minimum absolute atomic E-state index is 0.0606. The molecule has 5 nitrogen and oxygen atoms in total. The van der Waals surface area contributed by atoms with Crippen LogP contribution in [0.1, 0.15) is 47.1 Å². The van der Waals surface area contributed by atoms with Crippen LogP contribution in [0.5, 0.6) is 0 Å². The maximum atomic E-state index is 13.2. The largest absolute Gasteiger partial charge is 0.356 e. The van der Waals surface area contributed by atoms with E-state index in [0.29, 0.717) is 24.4 Å². The van der Waals surface area contributed by atoms with Crippen LogP contribution in [0.4, 0.5) is 0 Å². The fraction of sp³-hybridized carbons (Fsp3) is 0.304. The van der Waals surface area contributed by atoms with E-state index in [-0.39, 0.29) is 17.9 Å². The monoisotopic (exact) mass is 373 g/mol. The lowest BCUT2D eigenvalue weighted by Gasteiger charge is -2.37. The Morgan fingerprint density at radius 1 is 1.18 bits per heavy atom. The molecule has 0 fully saturated rings. The summed E-state index contributed by atoms with van der Waals surface area (Å²) in [5, 5.41) is 4.17. The van der Waals surface area contributed by atoms with Crippen LogP contribution in [0.3, 0.4) is 0 Å². The van der Waals surface area contributed by atoms with Crippen LogP contribution in [-0.2, 0) is 11.2 Å². The second-order valence-corrected chi connectivity index (χ2v) is 8.12. The lowest BCUT2D eigenvalue weighted by atomic mass is 9.90. The van der Waals surface area contributed by atoms with Crippen molar-refractivity contribution in [3.63, 3.8) is 0 Å². The summed E-state index contributed by atoms with van der Waals surface area (Å²) in [6.45, 7) is 4.74. The molecule has 0 saturated heterocycles. The Bertz CT molecular complexity index is 1100. The highest BCUT2D eigenvalue weighted by Crippen LogP contribution is 2.46. The zero-order chi connectivity index (χ0) is 19.4. The van der Waals surface area contributed by atoms with Gasteiger partial charge in [-0.1, -0.05) is 50.2 Å². The number of hydrogen-bond acceptors (Lipinski definition) is 2. The van der Waals surface area contributed by atoms with Crippen LogP contribution in [0, 0.1) is 5.92 Å². The Hall–Kier alpha value is -3.08. The molecule has 0 saturated carbocycles. The summed E-state index contributed by atoms with van der Waals surface area (Å²) < 4.78 is 0. The van der Waals surface area contributed by atoms with Crippen molar-refractivity contribution < 1.29 is 9.59 Å². The molecule has 5 heteroatoms. The third kappa shape index (κ3) is 2.39. The molecule has 0 unspecified atom stereocenters. The standard InChI is InChI=1S/C23H23N3O2/c1-13(2)12-24-22(27)19-11-17-14-7-5-6-10-18(14)25-20(17)21-15-8-3-4-9-16(15)23(28)26(19)21/h3-10,13,19,21,25H,11-12H2,1-2H3,(H,24,27)/t19-,21-/m0/s1. The average Bonchev–Trinajstić information content (AvgIpc) is 3.22. The average molecular weight is 373 g/mol. The molecule has 1 aromatic heterocycles. The molecule has 2 atom stereocenters. The van der Waals surface area contributed by atoms with Gasteiger partial charge in [0.2, 0.25) is 5.91 Å². The lowest BCUT2D eigenvalue weighted by Crippen LogP contribution is -2.52. The molecule has 0 bridgehead atoms. The number of hydrogen-bond donors (Lipinski definition) is 2. The molecular weight excluding hydrogens is 350 g/mol. The van der Waals surface area contributed by atoms with E-state index in [1.54, 1.807) is 4.90 Å². The minimum atomic E-state index is -0.504. The van der Waals surface area contributed by atoms with Gasteiger partial charge in [0.05, 0.1) is 6.04 Å². The molecule has 2 amide bonds. The summed E-state index contributed by atoms with van der Waals surface area (Å²) in [7, 11) is 0. The van der Waals surface area contributed by atoms with Gasteiger partial charge in [-0.15, -0.1) is 0 Å². The van der Waals surface area contributed by atoms with Gasteiger partial charge in [-0.3, -0.25) is 9.59 Å². The van der Waals surface area contributed by atoms with Gasteiger partial charge in [0.25, 0.3) is 5.91 Å². The third-order valence-electron chi connectivity index (χ3n) is 5.84. The van der Waals surface area contributed by atoms with Crippen LogP contribution >= 0.6 is 0 Å². The first-order chi connectivity index (χ1) is 13.6. The summed E-state index contributed by atoms with van der Waals surface area (Å²) in [5.74, 6) is 0.226. The lowest BCUT2D eigenvalue weighted by molar-refractivity contribution is -0.126. The van der Waals surface area contributed by atoms with Gasteiger partial charge < -0.3 is 15.2 Å². The zero-order valence-electron chi connectivity index (χ0n) is 16.0. The Morgan fingerprint density at radius 3 is 2.75 bits per heavy atom.